The molecule has 0 saturated heterocycles. The van der Waals surface area contributed by atoms with Crippen molar-refractivity contribution in [1.29, 1.82) is 0 Å². The van der Waals surface area contributed by atoms with Crippen LogP contribution in [-0.2, 0) is 0 Å². The van der Waals surface area contributed by atoms with Crippen LogP contribution in [0.1, 0.15) is 0 Å². The average molecular weight is 182 g/mol. The van der Waals surface area contributed by atoms with Gasteiger partial charge >= 0.3 is 5.69 Å². The van der Waals surface area contributed by atoms with Crippen LogP contribution >= 0.6 is 11.8 Å². The van der Waals surface area contributed by atoms with E-state index in [0.29, 0.717) is 11.2 Å². The Balaban J connectivity index is 2.87. The summed E-state index contributed by atoms with van der Waals surface area (Å²) in [7, 11) is 0. The SMILES string of the molecule is CSc1ncnc2[nH]c(=O)[nH]c12. The number of hydrogen-bond donors (Lipinski definition) is 2. The minimum atomic E-state index is -0.249. The van der Waals surface area contributed by atoms with Crippen molar-refractivity contribution in [3.63, 3.8) is 0 Å². The Kier molecular flexibility index (Phi) is 1.61. The Morgan fingerprint density at radius 1 is 1.42 bits per heavy atom. The Labute approximate surface area is 71.6 Å². The van der Waals surface area contributed by atoms with E-state index in [4.69, 9.17) is 0 Å². The summed E-state index contributed by atoms with van der Waals surface area (Å²) in [6, 6.07) is 0. The molecule has 0 fully saturated rings. The first-order valence-electron chi connectivity index (χ1n) is 3.28. The second kappa shape index (κ2) is 2.63. The van der Waals surface area contributed by atoms with Gasteiger partial charge in [0.05, 0.1) is 0 Å². The molecule has 0 amide bonds. The number of rotatable bonds is 1. The normalized spacial score (nSPS) is 10.8. The summed E-state index contributed by atoms with van der Waals surface area (Å²) in [5.74, 6) is 0. The number of hydrogen-bond acceptors (Lipinski definition) is 4. The maximum Gasteiger partial charge on any atom is 0.325 e. The fraction of sp³-hybridized carbons (Fsp3) is 0.167. The van der Waals surface area contributed by atoms with Gasteiger partial charge in [-0.15, -0.1) is 11.8 Å². The standard InChI is InChI=1S/C6H6N4OS/c1-12-5-3-4(7-2-8-5)10-6(11)9-3/h2H,1H3,(H2,7,8,9,10,11). The van der Waals surface area contributed by atoms with Gasteiger partial charge in [0.1, 0.15) is 16.9 Å². The minimum absolute atomic E-state index is 0.249. The highest BCUT2D eigenvalue weighted by Gasteiger charge is 2.04. The summed E-state index contributed by atoms with van der Waals surface area (Å²) >= 11 is 1.47. The van der Waals surface area contributed by atoms with Gasteiger partial charge in [-0.3, -0.25) is 4.98 Å². The molecule has 0 saturated carbocycles. The molecule has 2 aromatic rings. The molecular weight excluding hydrogens is 176 g/mol. The third-order valence-electron chi connectivity index (χ3n) is 1.48. The molecule has 0 aliphatic heterocycles. The fourth-order valence-corrected chi connectivity index (χ4v) is 1.49. The maximum atomic E-state index is 10.9. The van der Waals surface area contributed by atoms with Crippen LogP contribution < -0.4 is 5.69 Å². The molecule has 0 aromatic carbocycles. The maximum absolute atomic E-state index is 10.9. The van der Waals surface area contributed by atoms with Crippen LogP contribution in [0.2, 0.25) is 0 Å². The van der Waals surface area contributed by atoms with Crippen molar-refractivity contribution in [2.75, 3.05) is 6.26 Å². The number of nitrogens with zero attached hydrogens (tertiary/aromatic N) is 2. The molecule has 0 unspecified atom stereocenters. The molecule has 0 bridgehead atoms. The molecule has 2 N–H and O–H groups in total. The van der Waals surface area contributed by atoms with Crippen LogP contribution in [0.3, 0.4) is 0 Å². The van der Waals surface area contributed by atoms with Crippen LogP contribution in [0.4, 0.5) is 0 Å². The molecule has 5 nitrogen and oxygen atoms in total. The van der Waals surface area contributed by atoms with Crippen LogP contribution in [0, 0.1) is 0 Å². The molecular formula is C6H6N4OS. The molecule has 2 rings (SSSR count). The lowest BCUT2D eigenvalue weighted by Crippen LogP contribution is -1.99. The van der Waals surface area contributed by atoms with Crippen molar-refractivity contribution < 1.29 is 0 Å². The van der Waals surface area contributed by atoms with E-state index in [9.17, 15) is 4.79 Å². The summed E-state index contributed by atoms with van der Waals surface area (Å²) in [6.45, 7) is 0. The largest absolute Gasteiger partial charge is 0.325 e. The van der Waals surface area contributed by atoms with E-state index in [0.717, 1.165) is 5.03 Å². The Morgan fingerprint density at radius 2 is 2.25 bits per heavy atom. The first kappa shape index (κ1) is 7.35. The Morgan fingerprint density at radius 3 is 3.00 bits per heavy atom. The van der Waals surface area contributed by atoms with E-state index < -0.39 is 0 Å². The van der Waals surface area contributed by atoms with Crippen molar-refractivity contribution in [1.82, 2.24) is 19.9 Å². The van der Waals surface area contributed by atoms with Crippen LogP contribution in [0.25, 0.3) is 11.2 Å². The van der Waals surface area contributed by atoms with Gasteiger partial charge in [0, 0.05) is 0 Å². The van der Waals surface area contributed by atoms with Gasteiger partial charge in [0.25, 0.3) is 0 Å². The summed E-state index contributed by atoms with van der Waals surface area (Å²) in [4.78, 5) is 23.9. The van der Waals surface area contributed by atoms with Gasteiger partial charge in [-0.05, 0) is 6.26 Å². The minimum Gasteiger partial charge on any atom is -0.302 e. The highest BCUT2D eigenvalue weighted by atomic mass is 32.2. The molecule has 6 heteroatoms. The quantitative estimate of drug-likeness (QED) is 0.493. The average Bonchev–Trinajstić information content (AvgIpc) is 2.44. The molecule has 0 spiro atoms. The topological polar surface area (TPSA) is 74.4 Å². The molecule has 0 radical (unpaired) electrons. The summed E-state index contributed by atoms with van der Waals surface area (Å²) < 4.78 is 0. The number of nitrogens with one attached hydrogen (secondary N) is 2. The Bertz CT molecular complexity index is 460. The smallest absolute Gasteiger partial charge is 0.302 e. The number of aromatic amines is 2. The predicted octanol–water partition coefficient (Wildman–Crippen LogP) is 0.368. The molecule has 0 aliphatic rings. The molecule has 2 aromatic heterocycles. The predicted molar refractivity (Wildman–Crippen MR) is 46.3 cm³/mol. The fourth-order valence-electron chi connectivity index (χ4n) is 0.984. The van der Waals surface area contributed by atoms with Crippen molar-refractivity contribution >= 4 is 22.9 Å². The van der Waals surface area contributed by atoms with E-state index in [2.05, 4.69) is 19.9 Å². The van der Waals surface area contributed by atoms with Gasteiger partial charge in [-0.25, -0.2) is 14.8 Å². The van der Waals surface area contributed by atoms with Crippen LogP contribution in [0.15, 0.2) is 16.1 Å². The van der Waals surface area contributed by atoms with E-state index in [1.807, 2.05) is 6.26 Å². The van der Waals surface area contributed by atoms with Gasteiger partial charge < -0.3 is 4.98 Å². The molecule has 0 atom stereocenters. The molecule has 2 heterocycles. The zero-order valence-electron chi connectivity index (χ0n) is 6.29. The summed E-state index contributed by atoms with van der Waals surface area (Å²) in [5, 5.41) is 0.776. The lowest BCUT2D eigenvalue weighted by atomic mass is 10.6. The second-order valence-electron chi connectivity index (χ2n) is 2.19. The van der Waals surface area contributed by atoms with Gasteiger partial charge in [-0.2, -0.15) is 0 Å². The van der Waals surface area contributed by atoms with Gasteiger partial charge in [-0.1, -0.05) is 0 Å². The zero-order chi connectivity index (χ0) is 8.55. The van der Waals surface area contributed by atoms with Gasteiger partial charge in [0.2, 0.25) is 0 Å². The number of imidazole rings is 1. The Hall–Kier alpha value is -1.30. The highest BCUT2D eigenvalue weighted by Crippen LogP contribution is 2.17. The lowest BCUT2D eigenvalue weighted by Gasteiger charge is -1.93. The van der Waals surface area contributed by atoms with Crippen molar-refractivity contribution in [2.24, 2.45) is 0 Å². The van der Waals surface area contributed by atoms with E-state index in [1.165, 1.54) is 18.1 Å². The number of thioether (sulfide) groups is 1. The monoisotopic (exact) mass is 182 g/mol. The van der Waals surface area contributed by atoms with Crippen LogP contribution in [0.5, 0.6) is 0 Å². The molecule has 12 heavy (non-hydrogen) atoms. The number of aromatic nitrogens is 4. The first-order valence-corrected chi connectivity index (χ1v) is 4.50. The van der Waals surface area contributed by atoms with Gasteiger partial charge in [0.15, 0.2) is 5.65 Å². The summed E-state index contributed by atoms with van der Waals surface area (Å²) in [5.41, 5.74) is 0.982. The second-order valence-corrected chi connectivity index (χ2v) is 2.98. The highest BCUT2D eigenvalue weighted by molar-refractivity contribution is 7.98. The van der Waals surface area contributed by atoms with E-state index >= 15 is 0 Å². The number of fused-ring (bicyclic) bond motifs is 1. The first-order chi connectivity index (χ1) is 5.81. The third kappa shape index (κ3) is 1.00. The van der Waals surface area contributed by atoms with E-state index in [1.54, 1.807) is 0 Å². The van der Waals surface area contributed by atoms with Crippen molar-refractivity contribution in [3.05, 3.63) is 16.8 Å². The zero-order valence-corrected chi connectivity index (χ0v) is 7.10. The van der Waals surface area contributed by atoms with Crippen molar-refractivity contribution in [3.8, 4) is 0 Å². The van der Waals surface area contributed by atoms with E-state index in [-0.39, 0.29) is 5.69 Å². The lowest BCUT2D eigenvalue weighted by molar-refractivity contribution is 1.09. The molecule has 62 valence electrons. The molecule has 0 aliphatic carbocycles. The van der Waals surface area contributed by atoms with Crippen molar-refractivity contribution in [2.45, 2.75) is 5.03 Å². The number of H-pyrrole nitrogens is 2. The van der Waals surface area contributed by atoms with Crippen LogP contribution in [-0.4, -0.2) is 26.2 Å². The summed E-state index contributed by atoms with van der Waals surface area (Å²) in [6.07, 6.45) is 3.32. The third-order valence-corrected chi connectivity index (χ3v) is 2.17.